The van der Waals surface area contributed by atoms with E-state index in [1.165, 1.54) is 12.1 Å². The maximum Gasteiger partial charge on any atom is 0.416 e. The first-order valence-electron chi connectivity index (χ1n) is 8.47. The van der Waals surface area contributed by atoms with E-state index in [0.717, 1.165) is 23.3 Å². The van der Waals surface area contributed by atoms with Gasteiger partial charge in [-0.3, -0.25) is 4.79 Å². The summed E-state index contributed by atoms with van der Waals surface area (Å²) in [5.74, 6) is 1.24. The number of alkyl halides is 3. The number of halogens is 3. The summed E-state index contributed by atoms with van der Waals surface area (Å²) in [7, 11) is 3.13. The van der Waals surface area contributed by atoms with Crippen molar-refractivity contribution in [3.8, 4) is 11.5 Å². The van der Waals surface area contributed by atoms with E-state index in [-0.39, 0.29) is 12.3 Å². The normalized spacial score (nSPS) is 11.1. The number of aryl methyl sites for hydroxylation is 1. The van der Waals surface area contributed by atoms with Gasteiger partial charge in [0.1, 0.15) is 11.5 Å². The molecule has 146 valence electrons. The number of nitrogens with one attached hydrogen (secondary N) is 1. The third kappa shape index (κ3) is 6.20. The molecule has 0 aliphatic rings. The Morgan fingerprint density at radius 3 is 2.30 bits per heavy atom. The van der Waals surface area contributed by atoms with Gasteiger partial charge in [-0.2, -0.15) is 13.2 Å². The molecule has 4 nitrogen and oxygen atoms in total. The number of ether oxygens (including phenoxy) is 2. The Labute approximate surface area is 156 Å². The average molecular weight is 381 g/mol. The first kappa shape index (κ1) is 20.6. The van der Waals surface area contributed by atoms with E-state index in [2.05, 4.69) is 5.32 Å². The summed E-state index contributed by atoms with van der Waals surface area (Å²) in [5.41, 5.74) is 0.926. The number of amides is 1. The lowest BCUT2D eigenvalue weighted by molar-refractivity contribution is -0.137. The van der Waals surface area contributed by atoms with Crippen LogP contribution in [-0.4, -0.2) is 26.7 Å². The summed E-state index contributed by atoms with van der Waals surface area (Å²) < 4.78 is 48.1. The second-order valence-corrected chi connectivity index (χ2v) is 5.97. The summed E-state index contributed by atoms with van der Waals surface area (Å²) in [5, 5.41) is 2.78. The molecule has 2 aromatic carbocycles. The summed E-state index contributed by atoms with van der Waals surface area (Å²) >= 11 is 0. The topological polar surface area (TPSA) is 47.6 Å². The average Bonchev–Trinajstić information content (AvgIpc) is 2.65. The molecule has 2 rings (SSSR count). The van der Waals surface area contributed by atoms with Crippen LogP contribution in [0.4, 0.5) is 13.2 Å². The number of carbonyl (C=O) groups is 1. The molecule has 0 unspecified atom stereocenters. The Balaban J connectivity index is 1.80. The molecule has 1 N–H and O–H groups in total. The molecule has 1 amide bonds. The number of benzene rings is 2. The largest absolute Gasteiger partial charge is 0.497 e. The quantitative estimate of drug-likeness (QED) is 0.752. The molecule has 2 aromatic rings. The van der Waals surface area contributed by atoms with E-state index in [0.29, 0.717) is 30.9 Å². The van der Waals surface area contributed by atoms with Crippen LogP contribution in [0.1, 0.15) is 23.1 Å². The second-order valence-electron chi connectivity index (χ2n) is 5.97. The van der Waals surface area contributed by atoms with Crippen molar-refractivity contribution < 1.29 is 27.4 Å². The molecule has 0 saturated heterocycles. The van der Waals surface area contributed by atoms with Gasteiger partial charge in [-0.1, -0.05) is 12.1 Å². The van der Waals surface area contributed by atoms with Crippen LogP contribution in [-0.2, 0) is 23.8 Å². The molecule has 0 heterocycles. The van der Waals surface area contributed by atoms with Gasteiger partial charge in [-0.15, -0.1) is 0 Å². The molecule has 0 aliphatic heterocycles. The number of hydrogen-bond acceptors (Lipinski definition) is 3. The number of hydrogen-bond donors (Lipinski definition) is 1. The lowest BCUT2D eigenvalue weighted by atomic mass is 10.1. The fourth-order valence-corrected chi connectivity index (χ4v) is 2.62. The van der Waals surface area contributed by atoms with Crippen LogP contribution < -0.4 is 14.8 Å². The van der Waals surface area contributed by atoms with E-state index in [1.807, 2.05) is 6.07 Å². The lowest BCUT2D eigenvalue weighted by Gasteiger charge is -2.11. The highest BCUT2D eigenvalue weighted by molar-refractivity contribution is 5.76. The van der Waals surface area contributed by atoms with Crippen LogP contribution in [0.3, 0.4) is 0 Å². The minimum Gasteiger partial charge on any atom is -0.497 e. The van der Waals surface area contributed by atoms with Crippen molar-refractivity contribution in [3.63, 3.8) is 0 Å². The second kappa shape index (κ2) is 9.30. The first-order valence-corrected chi connectivity index (χ1v) is 8.47. The van der Waals surface area contributed by atoms with Gasteiger partial charge in [-0.25, -0.2) is 0 Å². The van der Waals surface area contributed by atoms with Gasteiger partial charge in [0.05, 0.1) is 19.8 Å². The van der Waals surface area contributed by atoms with E-state index >= 15 is 0 Å². The molecule has 0 bridgehead atoms. The molecular formula is C20H22F3NO3. The van der Waals surface area contributed by atoms with Crippen molar-refractivity contribution in [2.24, 2.45) is 0 Å². The van der Waals surface area contributed by atoms with Crippen molar-refractivity contribution >= 4 is 5.91 Å². The van der Waals surface area contributed by atoms with Crippen LogP contribution >= 0.6 is 0 Å². The van der Waals surface area contributed by atoms with Crippen molar-refractivity contribution in [2.45, 2.75) is 25.4 Å². The minimum absolute atomic E-state index is 0.133. The summed E-state index contributed by atoms with van der Waals surface area (Å²) in [6.07, 6.45) is -3.11. The molecule has 0 atom stereocenters. The molecule has 0 saturated carbocycles. The predicted molar refractivity (Wildman–Crippen MR) is 96.0 cm³/mol. The third-order valence-electron chi connectivity index (χ3n) is 4.13. The Morgan fingerprint density at radius 2 is 1.70 bits per heavy atom. The van der Waals surface area contributed by atoms with E-state index < -0.39 is 11.7 Å². The minimum atomic E-state index is -4.34. The van der Waals surface area contributed by atoms with Crippen LogP contribution in [0.25, 0.3) is 0 Å². The van der Waals surface area contributed by atoms with E-state index in [9.17, 15) is 18.0 Å². The molecule has 0 aliphatic carbocycles. The lowest BCUT2D eigenvalue weighted by Crippen LogP contribution is -2.25. The molecule has 7 heteroatoms. The Morgan fingerprint density at radius 1 is 1.00 bits per heavy atom. The molecule has 0 spiro atoms. The Hall–Kier alpha value is -2.70. The van der Waals surface area contributed by atoms with Gasteiger partial charge >= 0.3 is 6.18 Å². The summed E-state index contributed by atoms with van der Waals surface area (Å²) in [6.45, 7) is 0.361. The fraction of sp³-hybridized carbons (Fsp3) is 0.350. The highest BCUT2D eigenvalue weighted by atomic mass is 19.4. The van der Waals surface area contributed by atoms with Crippen LogP contribution in [0.15, 0.2) is 42.5 Å². The Kier molecular flexibility index (Phi) is 7.10. The third-order valence-corrected chi connectivity index (χ3v) is 4.13. The monoisotopic (exact) mass is 381 g/mol. The van der Waals surface area contributed by atoms with Gasteiger partial charge in [0.2, 0.25) is 5.91 Å². The van der Waals surface area contributed by atoms with Gasteiger partial charge < -0.3 is 14.8 Å². The van der Waals surface area contributed by atoms with Gasteiger partial charge in [0, 0.05) is 13.0 Å². The van der Waals surface area contributed by atoms with Gasteiger partial charge in [0.25, 0.3) is 0 Å². The van der Waals surface area contributed by atoms with Crippen molar-refractivity contribution in [3.05, 3.63) is 59.2 Å². The zero-order chi connectivity index (χ0) is 19.9. The summed E-state index contributed by atoms with van der Waals surface area (Å²) in [6, 6.07) is 10.3. The molecule has 0 aromatic heterocycles. The standard InChI is InChI=1S/C20H22F3NO3/c1-26-17-8-9-18(27-2)15(13-17)5-10-19(25)24-12-11-14-3-6-16(7-4-14)20(21,22)23/h3-4,6-9,13H,5,10-12H2,1-2H3,(H,24,25). The first-order chi connectivity index (χ1) is 12.8. The van der Waals surface area contributed by atoms with Crippen LogP contribution in [0.2, 0.25) is 0 Å². The van der Waals surface area contributed by atoms with Crippen LogP contribution in [0.5, 0.6) is 11.5 Å². The van der Waals surface area contributed by atoms with Crippen molar-refractivity contribution in [2.75, 3.05) is 20.8 Å². The maximum atomic E-state index is 12.5. The summed E-state index contributed by atoms with van der Waals surface area (Å²) in [4.78, 5) is 12.0. The number of rotatable bonds is 8. The smallest absolute Gasteiger partial charge is 0.416 e. The van der Waals surface area contributed by atoms with Crippen molar-refractivity contribution in [1.29, 1.82) is 0 Å². The Bertz CT molecular complexity index is 758. The number of carbonyl (C=O) groups excluding carboxylic acids is 1. The van der Waals surface area contributed by atoms with Crippen molar-refractivity contribution in [1.82, 2.24) is 5.32 Å². The molecule has 27 heavy (non-hydrogen) atoms. The van der Waals surface area contributed by atoms with E-state index in [4.69, 9.17) is 9.47 Å². The van der Waals surface area contributed by atoms with E-state index in [1.54, 1.807) is 26.4 Å². The molecular weight excluding hydrogens is 359 g/mol. The maximum absolute atomic E-state index is 12.5. The van der Waals surface area contributed by atoms with Crippen LogP contribution in [0, 0.1) is 0 Å². The molecule has 0 fully saturated rings. The zero-order valence-electron chi connectivity index (χ0n) is 15.2. The predicted octanol–water partition coefficient (Wildman–Crippen LogP) is 4.01. The molecule has 0 radical (unpaired) electrons. The zero-order valence-corrected chi connectivity index (χ0v) is 15.2. The number of methoxy groups -OCH3 is 2. The fourth-order valence-electron chi connectivity index (χ4n) is 2.62. The SMILES string of the molecule is COc1ccc(OC)c(CCC(=O)NCCc2ccc(C(F)(F)F)cc2)c1. The van der Waals surface area contributed by atoms with Gasteiger partial charge in [-0.05, 0) is 54.3 Å². The highest BCUT2D eigenvalue weighted by Crippen LogP contribution is 2.29. The highest BCUT2D eigenvalue weighted by Gasteiger charge is 2.29. The van der Waals surface area contributed by atoms with Gasteiger partial charge in [0.15, 0.2) is 0 Å².